The molecule has 5 nitrogen and oxygen atoms in total. The van der Waals surface area contributed by atoms with Gasteiger partial charge in [0.1, 0.15) is 10.7 Å². The number of nitrogens with zero attached hydrogens (tertiary/aromatic N) is 3. The first-order valence-corrected chi connectivity index (χ1v) is 8.39. The van der Waals surface area contributed by atoms with Crippen molar-refractivity contribution in [2.75, 3.05) is 0 Å². The molecule has 0 fully saturated rings. The van der Waals surface area contributed by atoms with Crippen LogP contribution < -0.4 is 0 Å². The summed E-state index contributed by atoms with van der Waals surface area (Å²) in [6.45, 7) is 2.03. The number of benzene rings is 2. The third-order valence-electron chi connectivity index (χ3n) is 3.79. The van der Waals surface area contributed by atoms with Crippen LogP contribution in [0.25, 0.3) is 28.5 Å². The van der Waals surface area contributed by atoms with Crippen LogP contribution in [0.2, 0.25) is 5.02 Å². The molecule has 2 heterocycles. The number of nitrogens with one attached hydrogen (secondary N) is 1. The van der Waals surface area contributed by atoms with Gasteiger partial charge in [-0.15, -0.1) is 5.10 Å². The Labute approximate surface area is 153 Å². The highest BCUT2D eigenvalue weighted by Gasteiger charge is 2.23. The largest absolute Gasteiger partial charge is 0.408 e. The predicted molar refractivity (Wildman–Crippen MR) is 99.4 cm³/mol. The van der Waals surface area contributed by atoms with Gasteiger partial charge in [-0.3, -0.25) is 0 Å². The lowest BCUT2D eigenvalue weighted by molar-refractivity contribution is 0.547. The van der Waals surface area contributed by atoms with Crippen molar-refractivity contribution < 1.29 is 4.42 Å². The zero-order chi connectivity index (χ0) is 17.4. The van der Waals surface area contributed by atoms with Gasteiger partial charge in [-0.1, -0.05) is 59.6 Å². The molecular formula is C18H13ClN4OS. The minimum Gasteiger partial charge on any atom is -0.408 e. The van der Waals surface area contributed by atoms with Crippen LogP contribution in [0.4, 0.5) is 0 Å². The molecule has 1 N–H and O–H groups in total. The molecule has 4 rings (SSSR count). The van der Waals surface area contributed by atoms with Crippen LogP contribution in [-0.4, -0.2) is 20.0 Å². The van der Waals surface area contributed by atoms with E-state index in [-0.39, 0.29) is 4.84 Å². The number of aromatic nitrogens is 4. The summed E-state index contributed by atoms with van der Waals surface area (Å²) in [5.41, 5.74) is 4.13. The van der Waals surface area contributed by atoms with Crippen molar-refractivity contribution in [3.05, 3.63) is 70.0 Å². The summed E-state index contributed by atoms with van der Waals surface area (Å²) in [5.74, 6) is 0.297. The smallest absolute Gasteiger partial charge is 0.284 e. The predicted octanol–water partition coefficient (Wildman–Crippen LogP) is 5.21. The molecule has 0 saturated heterocycles. The van der Waals surface area contributed by atoms with Gasteiger partial charge in [-0.2, -0.15) is 5.10 Å². The van der Waals surface area contributed by atoms with Gasteiger partial charge in [0.2, 0.25) is 0 Å². The average Bonchev–Trinajstić information content (AvgIpc) is 3.19. The van der Waals surface area contributed by atoms with E-state index in [4.69, 9.17) is 33.3 Å². The van der Waals surface area contributed by atoms with Crippen molar-refractivity contribution in [2.24, 2.45) is 0 Å². The van der Waals surface area contributed by atoms with Gasteiger partial charge in [-0.25, -0.2) is 9.78 Å². The lowest BCUT2D eigenvalue weighted by atomic mass is 10.1. The average molecular weight is 369 g/mol. The van der Waals surface area contributed by atoms with Crippen molar-refractivity contribution in [1.29, 1.82) is 0 Å². The van der Waals surface area contributed by atoms with Gasteiger partial charge in [0.15, 0.2) is 5.69 Å². The molecule has 124 valence electrons. The summed E-state index contributed by atoms with van der Waals surface area (Å²) in [6, 6.07) is 17.7. The zero-order valence-electron chi connectivity index (χ0n) is 13.2. The Bertz CT molecular complexity index is 1080. The van der Waals surface area contributed by atoms with Gasteiger partial charge < -0.3 is 4.42 Å². The van der Waals surface area contributed by atoms with Crippen molar-refractivity contribution >= 4 is 23.8 Å². The fourth-order valence-corrected chi connectivity index (χ4v) is 3.00. The standard InChI is InChI=1S/C18H13ClN4OS/c1-11-7-9-13(10-8-11)23-16(17-20-21-18(25)24-17)14(19)15(22-23)12-5-3-2-4-6-12/h2-10H,1H3,(H,21,25). The number of halogens is 1. The molecule has 7 heteroatoms. The molecule has 0 bridgehead atoms. The second-order valence-electron chi connectivity index (χ2n) is 5.54. The van der Waals surface area contributed by atoms with Crippen LogP contribution >= 0.6 is 23.8 Å². The Hall–Kier alpha value is -2.70. The lowest BCUT2D eigenvalue weighted by Gasteiger charge is -2.05. The quantitative estimate of drug-likeness (QED) is 0.504. The Morgan fingerprint density at radius 1 is 1.08 bits per heavy atom. The Kier molecular flexibility index (Phi) is 3.99. The highest BCUT2D eigenvalue weighted by Crippen LogP contribution is 2.37. The minimum atomic E-state index is 0.184. The monoisotopic (exact) mass is 368 g/mol. The number of rotatable bonds is 3. The first-order chi connectivity index (χ1) is 12.1. The van der Waals surface area contributed by atoms with Crippen molar-refractivity contribution in [2.45, 2.75) is 6.92 Å². The van der Waals surface area contributed by atoms with Crippen LogP contribution in [-0.2, 0) is 0 Å². The van der Waals surface area contributed by atoms with E-state index in [9.17, 15) is 0 Å². The number of aromatic amines is 1. The second kappa shape index (κ2) is 6.31. The molecule has 0 aliphatic carbocycles. The molecule has 4 aromatic rings. The Balaban J connectivity index is 1.98. The van der Waals surface area contributed by atoms with E-state index in [1.165, 1.54) is 0 Å². The summed E-state index contributed by atoms with van der Waals surface area (Å²) in [6.07, 6.45) is 0. The van der Waals surface area contributed by atoms with Gasteiger partial charge in [0.05, 0.1) is 5.69 Å². The summed E-state index contributed by atoms with van der Waals surface area (Å²) < 4.78 is 7.21. The molecule has 0 amide bonds. The number of hydrogen-bond acceptors (Lipinski definition) is 4. The highest BCUT2D eigenvalue weighted by atomic mass is 35.5. The lowest BCUT2D eigenvalue weighted by Crippen LogP contribution is -1.99. The fourth-order valence-electron chi connectivity index (χ4n) is 2.57. The highest BCUT2D eigenvalue weighted by molar-refractivity contribution is 7.71. The van der Waals surface area contributed by atoms with Crippen LogP contribution in [0.15, 0.2) is 59.0 Å². The first-order valence-electron chi connectivity index (χ1n) is 7.60. The molecule has 2 aromatic carbocycles. The Morgan fingerprint density at radius 3 is 2.44 bits per heavy atom. The van der Waals surface area contributed by atoms with Crippen LogP contribution in [0.1, 0.15) is 5.56 Å². The van der Waals surface area contributed by atoms with Crippen LogP contribution in [0.3, 0.4) is 0 Å². The molecule has 0 aliphatic heterocycles. The Morgan fingerprint density at radius 2 is 1.80 bits per heavy atom. The normalized spacial score (nSPS) is 11.0. The zero-order valence-corrected chi connectivity index (χ0v) is 14.8. The minimum absolute atomic E-state index is 0.184. The number of hydrogen-bond donors (Lipinski definition) is 1. The van der Waals surface area contributed by atoms with Gasteiger partial charge in [0.25, 0.3) is 10.7 Å². The molecule has 0 aliphatic rings. The maximum atomic E-state index is 6.66. The van der Waals surface area contributed by atoms with E-state index in [2.05, 4.69) is 10.2 Å². The van der Waals surface area contributed by atoms with Crippen molar-refractivity contribution in [1.82, 2.24) is 20.0 Å². The third kappa shape index (κ3) is 2.90. The molecule has 0 atom stereocenters. The van der Waals surface area contributed by atoms with E-state index >= 15 is 0 Å². The summed E-state index contributed by atoms with van der Waals surface area (Å²) in [5, 5.41) is 11.9. The molecule has 0 spiro atoms. The molecule has 2 aromatic heterocycles. The van der Waals surface area contributed by atoms with Crippen molar-refractivity contribution in [3.63, 3.8) is 0 Å². The van der Waals surface area contributed by atoms with Gasteiger partial charge in [0, 0.05) is 5.56 Å². The SMILES string of the molecule is Cc1ccc(-n2nc(-c3ccccc3)c(Cl)c2-c2n[nH]c(=S)o2)cc1. The summed E-state index contributed by atoms with van der Waals surface area (Å²) in [4.78, 5) is 0.184. The summed E-state index contributed by atoms with van der Waals surface area (Å²) in [7, 11) is 0. The number of H-pyrrole nitrogens is 1. The molecule has 0 saturated carbocycles. The van der Waals surface area contributed by atoms with Gasteiger partial charge >= 0.3 is 0 Å². The van der Waals surface area contributed by atoms with Crippen LogP contribution in [0.5, 0.6) is 0 Å². The molecule has 0 radical (unpaired) electrons. The van der Waals surface area contributed by atoms with E-state index in [1.54, 1.807) is 4.68 Å². The fraction of sp³-hybridized carbons (Fsp3) is 0.0556. The second-order valence-corrected chi connectivity index (χ2v) is 6.29. The molecular weight excluding hydrogens is 356 g/mol. The third-order valence-corrected chi connectivity index (χ3v) is 4.33. The summed E-state index contributed by atoms with van der Waals surface area (Å²) >= 11 is 11.7. The topological polar surface area (TPSA) is 59.6 Å². The van der Waals surface area contributed by atoms with E-state index in [0.29, 0.717) is 22.3 Å². The first kappa shape index (κ1) is 15.8. The molecule has 0 unspecified atom stereocenters. The maximum Gasteiger partial charge on any atom is 0.284 e. The van der Waals surface area contributed by atoms with E-state index in [0.717, 1.165) is 16.8 Å². The van der Waals surface area contributed by atoms with Crippen molar-refractivity contribution in [3.8, 4) is 28.5 Å². The number of aryl methyl sites for hydroxylation is 1. The van der Waals surface area contributed by atoms with E-state index < -0.39 is 0 Å². The van der Waals surface area contributed by atoms with Crippen LogP contribution in [0, 0.1) is 11.8 Å². The van der Waals surface area contributed by atoms with E-state index in [1.807, 2.05) is 61.5 Å². The molecule has 25 heavy (non-hydrogen) atoms. The van der Waals surface area contributed by atoms with Gasteiger partial charge in [-0.05, 0) is 31.3 Å². The maximum absolute atomic E-state index is 6.66.